The summed E-state index contributed by atoms with van der Waals surface area (Å²) in [7, 11) is 3.18. The molecule has 33 heavy (non-hydrogen) atoms. The minimum Gasteiger partial charge on any atom is -0.479 e. The molecule has 4 aromatic rings. The van der Waals surface area contributed by atoms with Gasteiger partial charge >= 0.3 is 0 Å². The van der Waals surface area contributed by atoms with E-state index in [9.17, 15) is 9.59 Å². The average molecular weight is 441 g/mol. The van der Waals surface area contributed by atoms with Crippen LogP contribution >= 0.6 is 0 Å². The van der Waals surface area contributed by atoms with Crippen molar-refractivity contribution in [3.05, 3.63) is 113 Å². The van der Waals surface area contributed by atoms with Gasteiger partial charge in [-0.1, -0.05) is 60.7 Å². The zero-order valence-electron chi connectivity index (χ0n) is 18.4. The van der Waals surface area contributed by atoms with Crippen LogP contribution in [0.4, 0.5) is 5.69 Å². The predicted molar refractivity (Wildman–Crippen MR) is 126 cm³/mol. The van der Waals surface area contributed by atoms with Crippen molar-refractivity contribution in [3.63, 3.8) is 0 Å². The summed E-state index contributed by atoms with van der Waals surface area (Å²) < 4.78 is 6.65. The van der Waals surface area contributed by atoms with Crippen LogP contribution in [0.1, 0.15) is 37.9 Å². The van der Waals surface area contributed by atoms with E-state index in [0.717, 1.165) is 11.1 Å². The Balaban J connectivity index is 1.49. The first-order valence-corrected chi connectivity index (χ1v) is 10.4. The van der Waals surface area contributed by atoms with Crippen LogP contribution in [0.25, 0.3) is 0 Å². The molecule has 0 saturated heterocycles. The minimum absolute atomic E-state index is 0.209. The maximum absolute atomic E-state index is 13.0. The van der Waals surface area contributed by atoms with Gasteiger partial charge in [-0.05, 0) is 35.4 Å². The third-order valence-corrected chi connectivity index (χ3v) is 5.18. The number of carbonyl (C=O) groups excluding carboxylic acids is 2. The summed E-state index contributed by atoms with van der Waals surface area (Å²) in [5.74, 6) is -0.302. The Bertz CT molecular complexity index is 1200. The fourth-order valence-corrected chi connectivity index (χ4v) is 3.54. The molecule has 2 amide bonds. The molecule has 0 aliphatic carbocycles. The third-order valence-electron chi connectivity index (χ3n) is 5.18. The molecule has 0 aliphatic rings. The lowest BCUT2D eigenvalue weighted by Crippen LogP contribution is -2.29. The maximum atomic E-state index is 13.0. The maximum Gasteiger partial charge on any atom is 0.262 e. The van der Waals surface area contributed by atoms with Crippen molar-refractivity contribution in [2.24, 2.45) is 7.05 Å². The van der Waals surface area contributed by atoms with Crippen molar-refractivity contribution >= 4 is 17.5 Å². The molecule has 3 aromatic carbocycles. The van der Waals surface area contributed by atoms with Crippen LogP contribution in [0.5, 0.6) is 5.88 Å². The van der Waals surface area contributed by atoms with Crippen LogP contribution in [0.15, 0.2) is 91.1 Å². The molecule has 1 heterocycles. The highest BCUT2D eigenvalue weighted by Gasteiger charge is 2.19. The van der Waals surface area contributed by atoms with Gasteiger partial charge in [0, 0.05) is 24.5 Å². The van der Waals surface area contributed by atoms with Gasteiger partial charge in [-0.2, -0.15) is 0 Å². The smallest absolute Gasteiger partial charge is 0.262 e. The van der Waals surface area contributed by atoms with Gasteiger partial charge in [0.15, 0.2) is 0 Å². The summed E-state index contributed by atoms with van der Waals surface area (Å²) in [5, 5.41) is 10.0. The van der Waals surface area contributed by atoms with Crippen molar-refractivity contribution < 1.29 is 14.3 Å². The first-order valence-electron chi connectivity index (χ1n) is 10.4. The molecule has 0 bridgehead atoms. The van der Waals surface area contributed by atoms with Crippen LogP contribution in [0.2, 0.25) is 0 Å². The average Bonchev–Trinajstić information content (AvgIpc) is 3.25. The molecular formula is C26H24N4O3. The summed E-state index contributed by atoms with van der Waals surface area (Å²) in [6, 6.07) is 26.1. The lowest BCUT2D eigenvalue weighted by molar-refractivity contribution is 0.0942. The fraction of sp³-hybridized carbons (Fsp3) is 0.115. The fourth-order valence-electron chi connectivity index (χ4n) is 3.54. The second-order valence-corrected chi connectivity index (χ2v) is 7.49. The molecule has 0 spiro atoms. The molecule has 4 rings (SSSR count). The topological polar surface area (TPSA) is 85.2 Å². The molecular weight excluding hydrogens is 416 g/mol. The number of nitrogens with zero attached hydrogens (tertiary/aromatic N) is 2. The van der Waals surface area contributed by atoms with E-state index in [1.807, 2.05) is 60.7 Å². The van der Waals surface area contributed by atoms with E-state index in [-0.39, 0.29) is 23.7 Å². The zero-order chi connectivity index (χ0) is 23.2. The van der Waals surface area contributed by atoms with Gasteiger partial charge < -0.3 is 15.4 Å². The molecule has 0 aliphatic heterocycles. The van der Waals surface area contributed by atoms with Gasteiger partial charge in [0.1, 0.15) is 5.56 Å². The van der Waals surface area contributed by atoms with Gasteiger partial charge in [-0.25, -0.2) is 0 Å². The SMILES string of the molecule is COc1nn(C)cc1C(=O)Nc1ccc(C(=O)NC(c2ccccc2)c2ccccc2)cc1. The molecule has 7 nitrogen and oxygen atoms in total. The molecule has 0 saturated carbocycles. The van der Waals surface area contributed by atoms with Crippen LogP contribution in [-0.2, 0) is 7.05 Å². The summed E-state index contributed by atoms with van der Waals surface area (Å²) in [6.45, 7) is 0. The quantitative estimate of drug-likeness (QED) is 0.451. The van der Waals surface area contributed by atoms with Gasteiger partial charge in [-0.15, -0.1) is 5.10 Å². The van der Waals surface area contributed by atoms with Crippen molar-refractivity contribution in [2.45, 2.75) is 6.04 Å². The summed E-state index contributed by atoms with van der Waals surface area (Å²) >= 11 is 0. The van der Waals surface area contributed by atoms with E-state index in [2.05, 4.69) is 15.7 Å². The highest BCUT2D eigenvalue weighted by atomic mass is 16.5. The van der Waals surface area contributed by atoms with Crippen molar-refractivity contribution in [1.82, 2.24) is 15.1 Å². The number of aromatic nitrogens is 2. The van der Waals surface area contributed by atoms with Crippen LogP contribution in [0.3, 0.4) is 0 Å². The number of carbonyl (C=O) groups is 2. The molecule has 7 heteroatoms. The molecule has 0 unspecified atom stereocenters. The highest BCUT2D eigenvalue weighted by molar-refractivity contribution is 6.06. The number of benzene rings is 3. The number of hydrogen-bond acceptors (Lipinski definition) is 4. The molecule has 0 radical (unpaired) electrons. The predicted octanol–water partition coefficient (Wildman–Crippen LogP) is 4.20. The van der Waals surface area contributed by atoms with Crippen molar-refractivity contribution in [3.8, 4) is 5.88 Å². The number of amides is 2. The van der Waals surface area contributed by atoms with Crippen LogP contribution < -0.4 is 15.4 Å². The van der Waals surface area contributed by atoms with Crippen molar-refractivity contribution in [2.75, 3.05) is 12.4 Å². The lowest BCUT2D eigenvalue weighted by Gasteiger charge is -2.20. The van der Waals surface area contributed by atoms with Crippen LogP contribution in [-0.4, -0.2) is 28.7 Å². The van der Waals surface area contributed by atoms with E-state index in [1.54, 1.807) is 37.5 Å². The Morgan fingerprint density at radius 2 is 1.42 bits per heavy atom. The Hall–Kier alpha value is -4.39. The van der Waals surface area contributed by atoms with E-state index in [1.165, 1.54) is 11.8 Å². The normalized spacial score (nSPS) is 10.6. The summed E-state index contributed by atoms with van der Waals surface area (Å²) in [5.41, 5.74) is 3.36. The Labute approximate surface area is 192 Å². The minimum atomic E-state index is -0.342. The molecule has 0 fully saturated rings. The van der Waals surface area contributed by atoms with Gasteiger partial charge in [0.2, 0.25) is 5.88 Å². The number of rotatable bonds is 7. The van der Waals surface area contributed by atoms with E-state index in [4.69, 9.17) is 4.74 Å². The van der Waals surface area contributed by atoms with E-state index < -0.39 is 0 Å². The zero-order valence-corrected chi connectivity index (χ0v) is 18.4. The lowest BCUT2D eigenvalue weighted by atomic mass is 9.98. The Morgan fingerprint density at radius 3 is 1.97 bits per heavy atom. The first-order chi connectivity index (χ1) is 16.0. The molecule has 166 valence electrons. The Kier molecular flexibility index (Phi) is 6.50. The Morgan fingerprint density at radius 1 is 0.848 bits per heavy atom. The van der Waals surface area contributed by atoms with Gasteiger partial charge in [-0.3, -0.25) is 14.3 Å². The monoisotopic (exact) mass is 440 g/mol. The number of methoxy groups -OCH3 is 1. The second kappa shape index (κ2) is 9.82. The number of anilines is 1. The van der Waals surface area contributed by atoms with Crippen molar-refractivity contribution in [1.29, 1.82) is 0 Å². The summed E-state index contributed by atoms with van der Waals surface area (Å²) in [4.78, 5) is 25.6. The second-order valence-electron chi connectivity index (χ2n) is 7.49. The van der Waals surface area contributed by atoms with Crippen LogP contribution in [0, 0.1) is 0 Å². The summed E-state index contributed by atoms with van der Waals surface area (Å²) in [6.07, 6.45) is 1.59. The van der Waals surface area contributed by atoms with E-state index in [0.29, 0.717) is 16.8 Å². The largest absolute Gasteiger partial charge is 0.479 e. The number of hydrogen-bond donors (Lipinski definition) is 2. The molecule has 1 aromatic heterocycles. The first kappa shape index (κ1) is 21.8. The highest BCUT2D eigenvalue weighted by Crippen LogP contribution is 2.23. The third kappa shape index (κ3) is 5.10. The number of aryl methyl sites for hydroxylation is 1. The standard InChI is InChI=1S/C26H24N4O3/c1-30-17-22(26(29-30)33-2)25(32)27-21-15-13-20(14-16-21)24(31)28-23(18-9-5-3-6-10-18)19-11-7-4-8-12-19/h3-17,23H,1-2H3,(H,27,32)(H,28,31). The van der Waals surface area contributed by atoms with Gasteiger partial charge in [0.05, 0.1) is 13.2 Å². The molecule has 2 N–H and O–H groups in total. The van der Waals surface area contributed by atoms with Gasteiger partial charge in [0.25, 0.3) is 11.8 Å². The number of nitrogens with one attached hydrogen (secondary N) is 2. The van der Waals surface area contributed by atoms with E-state index >= 15 is 0 Å². The molecule has 0 atom stereocenters. The number of ether oxygens (including phenoxy) is 1.